The van der Waals surface area contributed by atoms with Gasteiger partial charge >= 0.3 is 11.9 Å². The molecule has 21 heavy (non-hydrogen) atoms. The van der Waals surface area contributed by atoms with Crippen LogP contribution in [0.2, 0.25) is 0 Å². The minimum Gasteiger partial charge on any atom is -0.469 e. The molecule has 1 aromatic heterocycles. The van der Waals surface area contributed by atoms with Gasteiger partial charge in [-0.05, 0) is 18.9 Å². The summed E-state index contributed by atoms with van der Waals surface area (Å²) >= 11 is 0. The summed E-state index contributed by atoms with van der Waals surface area (Å²) in [6.07, 6.45) is 1.48. The highest BCUT2D eigenvalue weighted by atomic mass is 16.5. The predicted molar refractivity (Wildman–Crippen MR) is 74.6 cm³/mol. The van der Waals surface area contributed by atoms with Gasteiger partial charge in [-0.2, -0.15) is 0 Å². The fourth-order valence-electron chi connectivity index (χ4n) is 2.71. The van der Waals surface area contributed by atoms with Crippen molar-refractivity contribution < 1.29 is 23.5 Å². The van der Waals surface area contributed by atoms with Gasteiger partial charge in [0.25, 0.3) is 0 Å². The molecule has 2 heterocycles. The van der Waals surface area contributed by atoms with Crippen molar-refractivity contribution in [2.75, 3.05) is 26.8 Å². The largest absolute Gasteiger partial charge is 0.469 e. The Kier molecular flexibility index (Phi) is 5.01. The second-order valence-corrected chi connectivity index (χ2v) is 5.28. The number of esters is 2. The van der Waals surface area contributed by atoms with E-state index in [2.05, 4.69) is 4.90 Å². The fraction of sp³-hybridized carbons (Fsp3) is 0.600. The third kappa shape index (κ3) is 3.44. The maximum Gasteiger partial charge on any atom is 0.341 e. The summed E-state index contributed by atoms with van der Waals surface area (Å²) in [4.78, 5) is 25.6. The minimum atomic E-state index is -0.377. The van der Waals surface area contributed by atoms with E-state index in [1.165, 1.54) is 13.4 Å². The van der Waals surface area contributed by atoms with Crippen molar-refractivity contribution in [1.82, 2.24) is 4.90 Å². The number of carbonyl (C=O) groups is 2. The molecule has 0 spiro atoms. The summed E-state index contributed by atoms with van der Waals surface area (Å²) in [5.74, 6) is 0.105. The van der Waals surface area contributed by atoms with Crippen LogP contribution >= 0.6 is 0 Å². The van der Waals surface area contributed by atoms with E-state index in [1.54, 1.807) is 13.0 Å². The zero-order valence-electron chi connectivity index (χ0n) is 12.6. The summed E-state index contributed by atoms with van der Waals surface area (Å²) in [6, 6.07) is 1.62. The summed E-state index contributed by atoms with van der Waals surface area (Å²) in [5, 5.41) is 0. The molecule has 0 aliphatic carbocycles. The average Bonchev–Trinajstić information content (AvgIpc) is 3.05. The van der Waals surface area contributed by atoms with E-state index in [-0.39, 0.29) is 23.8 Å². The Morgan fingerprint density at radius 2 is 2.19 bits per heavy atom. The Hall–Kier alpha value is -1.82. The Morgan fingerprint density at radius 3 is 2.86 bits per heavy atom. The van der Waals surface area contributed by atoms with E-state index in [9.17, 15) is 9.59 Å². The molecule has 0 aromatic carbocycles. The van der Waals surface area contributed by atoms with E-state index in [4.69, 9.17) is 13.9 Å². The van der Waals surface area contributed by atoms with E-state index in [0.717, 1.165) is 6.54 Å². The van der Waals surface area contributed by atoms with Gasteiger partial charge in [0.05, 0.1) is 32.4 Å². The topological polar surface area (TPSA) is 69.0 Å². The molecule has 6 nitrogen and oxygen atoms in total. The van der Waals surface area contributed by atoms with Crippen LogP contribution < -0.4 is 0 Å². The average molecular weight is 295 g/mol. The van der Waals surface area contributed by atoms with Gasteiger partial charge in [0.2, 0.25) is 0 Å². The van der Waals surface area contributed by atoms with Crippen molar-refractivity contribution in [3.05, 3.63) is 23.7 Å². The molecule has 1 aliphatic rings. The lowest BCUT2D eigenvalue weighted by Crippen LogP contribution is -2.24. The Balaban J connectivity index is 2.02. The van der Waals surface area contributed by atoms with Crippen LogP contribution in [0.15, 0.2) is 16.7 Å². The molecule has 2 unspecified atom stereocenters. The lowest BCUT2D eigenvalue weighted by molar-refractivity contribution is -0.146. The van der Waals surface area contributed by atoms with Crippen molar-refractivity contribution in [3.8, 4) is 0 Å². The SMILES string of the molecule is CCOC(=O)c1ccoc1CN1CC(C)C(C(=O)OC)C1. The van der Waals surface area contributed by atoms with Crippen LogP contribution in [0.4, 0.5) is 0 Å². The molecule has 0 radical (unpaired) electrons. The summed E-state index contributed by atoms with van der Waals surface area (Å²) in [7, 11) is 1.41. The highest BCUT2D eigenvalue weighted by Gasteiger charge is 2.36. The molecule has 2 atom stereocenters. The minimum absolute atomic E-state index is 0.129. The molecule has 1 saturated heterocycles. The van der Waals surface area contributed by atoms with E-state index in [1.807, 2.05) is 6.92 Å². The lowest BCUT2D eigenvalue weighted by Gasteiger charge is -2.14. The van der Waals surface area contributed by atoms with Crippen LogP contribution in [0.5, 0.6) is 0 Å². The number of hydrogen-bond acceptors (Lipinski definition) is 6. The first-order valence-electron chi connectivity index (χ1n) is 7.10. The Bertz CT molecular complexity index is 510. The number of nitrogens with zero attached hydrogens (tertiary/aromatic N) is 1. The van der Waals surface area contributed by atoms with Gasteiger partial charge in [-0.25, -0.2) is 4.79 Å². The molecular weight excluding hydrogens is 274 g/mol. The number of hydrogen-bond donors (Lipinski definition) is 0. The van der Waals surface area contributed by atoms with E-state index < -0.39 is 0 Å². The number of likely N-dealkylation sites (tertiary alicyclic amines) is 1. The molecule has 2 rings (SSSR count). The molecule has 0 amide bonds. The molecule has 1 aromatic rings. The summed E-state index contributed by atoms with van der Waals surface area (Å²) < 4.78 is 15.2. The first-order valence-corrected chi connectivity index (χ1v) is 7.10. The second kappa shape index (κ2) is 6.76. The summed E-state index contributed by atoms with van der Waals surface area (Å²) in [5.41, 5.74) is 0.450. The van der Waals surface area contributed by atoms with Gasteiger partial charge in [0, 0.05) is 13.1 Å². The maximum atomic E-state index is 11.8. The number of methoxy groups -OCH3 is 1. The predicted octanol–water partition coefficient (Wildman–Crippen LogP) is 1.70. The highest BCUT2D eigenvalue weighted by molar-refractivity contribution is 5.90. The van der Waals surface area contributed by atoms with Gasteiger partial charge in [0.15, 0.2) is 0 Å². The van der Waals surface area contributed by atoms with Gasteiger partial charge in [-0.15, -0.1) is 0 Å². The summed E-state index contributed by atoms with van der Waals surface area (Å²) in [6.45, 7) is 5.98. The molecule has 0 bridgehead atoms. The number of furan rings is 1. The molecule has 0 saturated carbocycles. The monoisotopic (exact) mass is 295 g/mol. The van der Waals surface area contributed by atoms with Gasteiger partial charge < -0.3 is 13.9 Å². The third-order valence-electron chi connectivity index (χ3n) is 3.80. The molecule has 6 heteroatoms. The van der Waals surface area contributed by atoms with Crippen molar-refractivity contribution in [2.45, 2.75) is 20.4 Å². The van der Waals surface area contributed by atoms with Crippen molar-refractivity contribution >= 4 is 11.9 Å². The maximum absolute atomic E-state index is 11.8. The fourth-order valence-corrected chi connectivity index (χ4v) is 2.71. The lowest BCUT2D eigenvalue weighted by atomic mass is 9.99. The molecule has 0 N–H and O–H groups in total. The Morgan fingerprint density at radius 1 is 1.43 bits per heavy atom. The number of carbonyl (C=O) groups excluding carboxylic acids is 2. The van der Waals surface area contributed by atoms with Crippen LogP contribution in [0.3, 0.4) is 0 Å². The first kappa shape index (κ1) is 15.6. The van der Waals surface area contributed by atoms with Gasteiger partial charge in [-0.3, -0.25) is 9.69 Å². The van der Waals surface area contributed by atoms with Crippen LogP contribution in [0.25, 0.3) is 0 Å². The van der Waals surface area contributed by atoms with Gasteiger partial charge in [0.1, 0.15) is 11.3 Å². The van der Waals surface area contributed by atoms with Crippen molar-refractivity contribution in [1.29, 1.82) is 0 Å². The van der Waals surface area contributed by atoms with Crippen LogP contribution in [0.1, 0.15) is 30.0 Å². The zero-order valence-corrected chi connectivity index (χ0v) is 12.6. The molecule has 116 valence electrons. The quantitative estimate of drug-likeness (QED) is 0.770. The smallest absolute Gasteiger partial charge is 0.341 e. The van der Waals surface area contributed by atoms with Crippen molar-refractivity contribution in [3.63, 3.8) is 0 Å². The molecular formula is C15H21NO5. The normalized spacial score (nSPS) is 22.2. The first-order chi connectivity index (χ1) is 10.1. The van der Waals surface area contributed by atoms with Gasteiger partial charge in [-0.1, -0.05) is 6.92 Å². The van der Waals surface area contributed by atoms with E-state index in [0.29, 0.717) is 31.0 Å². The second-order valence-electron chi connectivity index (χ2n) is 5.28. The Labute approximate surface area is 124 Å². The van der Waals surface area contributed by atoms with E-state index >= 15 is 0 Å². The molecule has 1 fully saturated rings. The number of rotatable bonds is 5. The van der Waals surface area contributed by atoms with Crippen molar-refractivity contribution in [2.24, 2.45) is 11.8 Å². The molecule has 1 aliphatic heterocycles. The van der Waals surface area contributed by atoms with Crippen LogP contribution in [-0.4, -0.2) is 43.6 Å². The highest BCUT2D eigenvalue weighted by Crippen LogP contribution is 2.26. The zero-order chi connectivity index (χ0) is 15.4. The van der Waals surface area contributed by atoms with Crippen LogP contribution in [0, 0.1) is 11.8 Å². The third-order valence-corrected chi connectivity index (χ3v) is 3.80. The standard InChI is InChI=1S/C15H21NO5/c1-4-20-15(18)11-5-6-21-13(11)9-16-7-10(2)12(8-16)14(17)19-3/h5-6,10,12H,4,7-9H2,1-3H3. The van der Waals surface area contributed by atoms with Crippen LogP contribution in [-0.2, 0) is 20.8 Å². The number of ether oxygens (including phenoxy) is 2.